The Morgan fingerprint density at radius 1 is 0.677 bits per heavy atom. The van der Waals surface area contributed by atoms with Gasteiger partial charge in [0.2, 0.25) is 0 Å². The number of carbonyl (C=O) groups excluding carboxylic acids is 2. The molecule has 6 heteroatoms. The summed E-state index contributed by atoms with van der Waals surface area (Å²) in [5.41, 5.74) is 3.85. The van der Waals surface area contributed by atoms with Crippen molar-refractivity contribution in [2.24, 2.45) is 0 Å². The summed E-state index contributed by atoms with van der Waals surface area (Å²) in [5, 5.41) is 6.02. The van der Waals surface area contributed by atoms with Gasteiger partial charge in [0.05, 0.1) is 10.6 Å². The average Bonchev–Trinajstić information content (AvgIpc) is 2.80. The highest BCUT2D eigenvalue weighted by molar-refractivity contribution is 6.34. The highest BCUT2D eigenvalue weighted by Gasteiger charge is 2.13. The summed E-state index contributed by atoms with van der Waals surface area (Å²) in [5.74, 6) is -0.593. The third-order valence-corrected chi connectivity index (χ3v) is 4.97. The first-order chi connectivity index (χ1) is 15.1. The van der Waals surface area contributed by atoms with Crippen LogP contribution in [0.3, 0.4) is 0 Å². The van der Waals surface area contributed by atoms with Crippen LogP contribution in [0.2, 0.25) is 5.02 Å². The topological polar surface area (TPSA) is 71.1 Å². The lowest BCUT2D eigenvalue weighted by Crippen LogP contribution is -2.14. The minimum Gasteiger partial charge on any atom is -0.322 e. The summed E-state index contributed by atoms with van der Waals surface area (Å²) in [6.07, 6.45) is 3.11. The van der Waals surface area contributed by atoms with Gasteiger partial charge in [0.15, 0.2) is 0 Å². The van der Waals surface area contributed by atoms with Crippen LogP contribution >= 0.6 is 11.6 Å². The number of anilines is 2. The second kappa shape index (κ2) is 9.24. The fourth-order valence-electron chi connectivity index (χ4n) is 3.09. The molecule has 0 fully saturated rings. The van der Waals surface area contributed by atoms with Gasteiger partial charge in [-0.3, -0.25) is 14.6 Å². The van der Waals surface area contributed by atoms with Crippen molar-refractivity contribution >= 4 is 34.8 Å². The van der Waals surface area contributed by atoms with Crippen molar-refractivity contribution in [2.75, 3.05) is 10.6 Å². The van der Waals surface area contributed by atoms with Crippen LogP contribution in [0.15, 0.2) is 97.3 Å². The van der Waals surface area contributed by atoms with E-state index in [1.54, 1.807) is 60.9 Å². The molecule has 0 atom stereocenters. The molecule has 1 aromatic heterocycles. The lowest BCUT2D eigenvalue weighted by Gasteiger charge is -2.11. The highest BCUT2D eigenvalue weighted by Crippen LogP contribution is 2.26. The molecule has 4 rings (SSSR count). The zero-order valence-electron chi connectivity index (χ0n) is 16.4. The van der Waals surface area contributed by atoms with Crippen molar-refractivity contribution < 1.29 is 9.59 Å². The molecule has 2 amide bonds. The lowest BCUT2D eigenvalue weighted by molar-refractivity contribution is 0.101. The Balaban J connectivity index is 1.52. The molecule has 0 spiro atoms. The molecule has 0 unspecified atom stereocenters. The number of hydrogen-bond acceptors (Lipinski definition) is 3. The summed E-state index contributed by atoms with van der Waals surface area (Å²) >= 11 is 6.29. The van der Waals surface area contributed by atoms with Gasteiger partial charge < -0.3 is 10.6 Å². The maximum Gasteiger partial charge on any atom is 0.257 e. The van der Waals surface area contributed by atoms with Gasteiger partial charge in [0, 0.05) is 29.3 Å². The zero-order valence-corrected chi connectivity index (χ0v) is 17.1. The van der Waals surface area contributed by atoms with Gasteiger partial charge in [0.1, 0.15) is 0 Å². The summed E-state index contributed by atoms with van der Waals surface area (Å²) in [6.45, 7) is 0. The van der Waals surface area contributed by atoms with Crippen LogP contribution in [-0.2, 0) is 0 Å². The van der Waals surface area contributed by atoms with E-state index in [0.29, 0.717) is 27.5 Å². The van der Waals surface area contributed by atoms with E-state index in [1.807, 2.05) is 36.4 Å². The van der Waals surface area contributed by atoms with Crippen LogP contribution < -0.4 is 10.6 Å². The maximum absolute atomic E-state index is 12.9. The van der Waals surface area contributed by atoms with Crippen molar-refractivity contribution in [3.8, 4) is 11.1 Å². The number of aromatic nitrogens is 1. The minimum absolute atomic E-state index is 0.260. The maximum atomic E-state index is 12.9. The monoisotopic (exact) mass is 427 g/mol. The van der Waals surface area contributed by atoms with Crippen molar-refractivity contribution in [3.05, 3.63) is 113 Å². The largest absolute Gasteiger partial charge is 0.322 e. The Kier molecular flexibility index (Phi) is 6.05. The Labute approximate surface area is 184 Å². The van der Waals surface area contributed by atoms with Gasteiger partial charge in [0.25, 0.3) is 11.8 Å². The predicted octanol–water partition coefficient (Wildman–Crippen LogP) is 5.91. The van der Waals surface area contributed by atoms with E-state index in [4.69, 9.17) is 11.6 Å². The number of pyridine rings is 1. The smallest absolute Gasteiger partial charge is 0.257 e. The van der Waals surface area contributed by atoms with Gasteiger partial charge in [-0.05, 0) is 53.6 Å². The normalized spacial score (nSPS) is 10.4. The van der Waals surface area contributed by atoms with Crippen molar-refractivity contribution in [1.29, 1.82) is 0 Å². The molecule has 3 aromatic carbocycles. The van der Waals surface area contributed by atoms with Crippen LogP contribution in [0.25, 0.3) is 11.1 Å². The third kappa shape index (κ3) is 4.97. The molecule has 0 aliphatic heterocycles. The number of rotatable bonds is 5. The molecule has 4 aromatic rings. The van der Waals surface area contributed by atoms with Crippen LogP contribution in [0.1, 0.15) is 20.7 Å². The molecule has 0 saturated heterocycles. The average molecular weight is 428 g/mol. The first-order valence-corrected chi connectivity index (χ1v) is 9.96. The van der Waals surface area contributed by atoms with E-state index < -0.39 is 0 Å². The van der Waals surface area contributed by atoms with Gasteiger partial charge >= 0.3 is 0 Å². The van der Waals surface area contributed by atoms with Gasteiger partial charge in [-0.2, -0.15) is 0 Å². The molecule has 0 aliphatic rings. The number of halogens is 1. The predicted molar refractivity (Wildman–Crippen MR) is 123 cm³/mol. The summed E-state index contributed by atoms with van der Waals surface area (Å²) in [7, 11) is 0. The first-order valence-electron chi connectivity index (χ1n) is 9.58. The van der Waals surface area contributed by atoms with Gasteiger partial charge in [-0.1, -0.05) is 54.1 Å². The second-order valence-electron chi connectivity index (χ2n) is 6.79. The van der Waals surface area contributed by atoms with Crippen LogP contribution in [-0.4, -0.2) is 16.8 Å². The number of hydrogen-bond donors (Lipinski definition) is 2. The minimum atomic E-state index is -0.333. The molecule has 1 heterocycles. The van der Waals surface area contributed by atoms with E-state index in [0.717, 1.165) is 11.1 Å². The molecule has 5 nitrogen and oxygen atoms in total. The molecule has 152 valence electrons. The molecule has 0 radical (unpaired) electrons. The standard InChI is InChI=1S/C25H18ClN3O2/c26-23-10-9-19(17-5-2-1-3-6-17)15-22(23)25(31)29-21-8-4-7-20(16-21)28-24(30)18-11-13-27-14-12-18/h1-16H,(H,28,30)(H,29,31). The van der Waals surface area contributed by atoms with Crippen molar-refractivity contribution in [2.45, 2.75) is 0 Å². The quantitative estimate of drug-likeness (QED) is 0.416. The fraction of sp³-hybridized carbons (Fsp3) is 0. The second-order valence-corrected chi connectivity index (χ2v) is 7.19. The van der Waals surface area contributed by atoms with Crippen LogP contribution in [0.4, 0.5) is 11.4 Å². The number of benzene rings is 3. The Bertz CT molecular complexity index is 1230. The molecule has 0 saturated carbocycles. The van der Waals surface area contributed by atoms with E-state index in [9.17, 15) is 9.59 Å². The number of nitrogens with zero attached hydrogens (tertiary/aromatic N) is 1. The Morgan fingerprint density at radius 2 is 1.35 bits per heavy atom. The highest BCUT2D eigenvalue weighted by atomic mass is 35.5. The molecule has 2 N–H and O–H groups in total. The number of nitrogens with one attached hydrogen (secondary N) is 2. The number of carbonyl (C=O) groups is 2. The van der Waals surface area contributed by atoms with Crippen molar-refractivity contribution in [1.82, 2.24) is 4.98 Å². The molecular weight excluding hydrogens is 410 g/mol. The molecule has 0 aliphatic carbocycles. The summed E-state index contributed by atoms with van der Waals surface area (Å²) < 4.78 is 0. The van der Waals surface area contributed by atoms with E-state index in [2.05, 4.69) is 15.6 Å². The van der Waals surface area contributed by atoms with E-state index >= 15 is 0 Å². The van der Waals surface area contributed by atoms with Crippen molar-refractivity contribution in [3.63, 3.8) is 0 Å². The molecule has 0 bridgehead atoms. The Morgan fingerprint density at radius 3 is 2.06 bits per heavy atom. The fourth-order valence-corrected chi connectivity index (χ4v) is 3.29. The summed E-state index contributed by atoms with van der Waals surface area (Å²) in [6, 6.07) is 25.3. The van der Waals surface area contributed by atoms with E-state index in [1.165, 1.54) is 0 Å². The lowest BCUT2D eigenvalue weighted by atomic mass is 10.0. The zero-order chi connectivity index (χ0) is 21.6. The van der Waals surface area contributed by atoms with Crippen LogP contribution in [0, 0.1) is 0 Å². The molecular formula is C25H18ClN3O2. The van der Waals surface area contributed by atoms with Gasteiger partial charge in [-0.15, -0.1) is 0 Å². The summed E-state index contributed by atoms with van der Waals surface area (Å²) in [4.78, 5) is 29.1. The molecule has 31 heavy (non-hydrogen) atoms. The third-order valence-electron chi connectivity index (χ3n) is 4.64. The number of amides is 2. The van der Waals surface area contributed by atoms with Crippen LogP contribution in [0.5, 0.6) is 0 Å². The SMILES string of the molecule is O=C(Nc1cccc(NC(=O)c2cc(-c3ccccc3)ccc2Cl)c1)c1ccncc1. The van der Waals surface area contributed by atoms with Gasteiger partial charge in [-0.25, -0.2) is 0 Å². The van der Waals surface area contributed by atoms with E-state index in [-0.39, 0.29) is 11.8 Å². The first kappa shape index (κ1) is 20.3. The Hall–Kier alpha value is -3.96.